The van der Waals surface area contributed by atoms with Crippen LogP contribution in [0.25, 0.3) is 0 Å². The quantitative estimate of drug-likeness (QED) is 0.504. The molecule has 0 bridgehead atoms. The molecule has 0 amide bonds. The van der Waals surface area contributed by atoms with Crippen molar-refractivity contribution >= 4 is 29.0 Å². The largest absolute Gasteiger partial charge is 0.463 e. The van der Waals surface area contributed by atoms with E-state index in [1.54, 1.807) is 6.92 Å². The maximum atomic E-state index is 14.7. The minimum absolute atomic E-state index is 0.0836. The van der Waals surface area contributed by atoms with Crippen LogP contribution in [0.2, 0.25) is 5.02 Å². The second kappa shape index (κ2) is 8.41. The molecule has 3 rings (SSSR count). The van der Waals surface area contributed by atoms with Gasteiger partial charge in [-0.25, -0.2) is 9.18 Å². The number of esters is 1. The lowest BCUT2D eigenvalue weighted by molar-refractivity contribution is -0.166. The number of hydrogen-bond acceptors (Lipinski definition) is 8. The molecule has 2 aliphatic heterocycles. The molecule has 0 aliphatic carbocycles. The molecule has 0 saturated carbocycles. The second-order valence-electron chi connectivity index (χ2n) is 7.37. The van der Waals surface area contributed by atoms with Gasteiger partial charge in [0.1, 0.15) is 11.5 Å². The standard InChI is InChI=1S/C19H20ClF4N3O5/c1-4-31-16(29)18(2)8-12(25-32-18)9-5-13(11(21)6-10(9)20)27-15(28)7-14(19(22,23)24)26(3)17(27)30/h5-7,15,17,28,30H,4,8H2,1-3H3. The highest BCUT2D eigenvalue weighted by molar-refractivity contribution is 6.34. The summed E-state index contributed by atoms with van der Waals surface area (Å²) in [5, 5.41) is 24.4. The molecule has 0 aromatic heterocycles. The number of oxime groups is 1. The first-order valence-electron chi connectivity index (χ1n) is 9.38. The maximum Gasteiger partial charge on any atom is 0.431 e. The molecular formula is C19H20ClF4N3O5. The first-order chi connectivity index (χ1) is 14.8. The fraction of sp³-hybridized carbons (Fsp3) is 0.474. The smallest absolute Gasteiger partial charge is 0.431 e. The minimum Gasteiger partial charge on any atom is -0.463 e. The van der Waals surface area contributed by atoms with Crippen molar-refractivity contribution in [3.63, 3.8) is 0 Å². The number of hydrogen-bond donors (Lipinski definition) is 2. The van der Waals surface area contributed by atoms with Gasteiger partial charge < -0.3 is 24.7 Å². The SMILES string of the molecule is CCOC(=O)C1(C)CC(c2cc(N3C(O)C=C(C(F)(F)F)N(C)C3O)c(F)cc2Cl)=NO1. The van der Waals surface area contributed by atoms with Crippen molar-refractivity contribution in [2.45, 2.75) is 44.6 Å². The predicted molar refractivity (Wildman–Crippen MR) is 105 cm³/mol. The van der Waals surface area contributed by atoms with Gasteiger partial charge in [0.05, 0.1) is 23.0 Å². The third kappa shape index (κ3) is 4.21. The van der Waals surface area contributed by atoms with Crippen LogP contribution in [-0.2, 0) is 14.4 Å². The van der Waals surface area contributed by atoms with Gasteiger partial charge in [-0.2, -0.15) is 13.2 Å². The second-order valence-corrected chi connectivity index (χ2v) is 7.78. The van der Waals surface area contributed by atoms with Crippen LogP contribution in [0.4, 0.5) is 23.2 Å². The van der Waals surface area contributed by atoms with Crippen LogP contribution in [0.15, 0.2) is 29.1 Å². The van der Waals surface area contributed by atoms with Gasteiger partial charge in [-0.15, -0.1) is 0 Å². The monoisotopic (exact) mass is 481 g/mol. The molecular weight excluding hydrogens is 462 g/mol. The summed E-state index contributed by atoms with van der Waals surface area (Å²) in [5.74, 6) is -1.69. The lowest BCUT2D eigenvalue weighted by Crippen LogP contribution is -2.56. The Morgan fingerprint density at radius 1 is 1.41 bits per heavy atom. The summed E-state index contributed by atoms with van der Waals surface area (Å²) in [5.41, 5.74) is -2.93. The fourth-order valence-electron chi connectivity index (χ4n) is 3.38. The predicted octanol–water partition coefficient (Wildman–Crippen LogP) is 2.72. The summed E-state index contributed by atoms with van der Waals surface area (Å²) in [4.78, 5) is 18.4. The average Bonchev–Trinajstić information content (AvgIpc) is 3.09. The zero-order valence-corrected chi connectivity index (χ0v) is 17.9. The van der Waals surface area contributed by atoms with Crippen molar-refractivity contribution < 1.29 is 42.1 Å². The number of benzene rings is 1. The Kier molecular flexibility index (Phi) is 6.33. The minimum atomic E-state index is -4.85. The lowest BCUT2D eigenvalue weighted by Gasteiger charge is -2.43. The van der Waals surface area contributed by atoms with E-state index in [0.29, 0.717) is 15.9 Å². The van der Waals surface area contributed by atoms with Crippen LogP contribution in [0.1, 0.15) is 25.8 Å². The molecule has 0 spiro atoms. The van der Waals surface area contributed by atoms with E-state index in [1.165, 1.54) is 6.92 Å². The zero-order chi connectivity index (χ0) is 24.0. The van der Waals surface area contributed by atoms with Gasteiger partial charge in [0.2, 0.25) is 12.0 Å². The van der Waals surface area contributed by atoms with Crippen LogP contribution < -0.4 is 4.90 Å². The Morgan fingerprint density at radius 3 is 2.66 bits per heavy atom. The number of carbonyl (C=O) groups excluding carboxylic acids is 1. The molecule has 3 unspecified atom stereocenters. The molecule has 0 radical (unpaired) electrons. The van der Waals surface area contributed by atoms with E-state index in [-0.39, 0.29) is 29.3 Å². The van der Waals surface area contributed by atoms with Gasteiger partial charge in [0.25, 0.3) is 0 Å². The fourth-order valence-corrected chi connectivity index (χ4v) is 3.64. The van der Waals surface area contributed by atoms with Crippen molar-refractivity contribution in [3.05, 3.63) is 40.3 Å². The van der Waals surface area contributed by atoms with Gasteiger partial charge in [-0.3, -0.25) is 4.90 Å². The number of anilines is 1. The van der Waals surface area contributed by atoms with Gasteiger partial charge in [-0.05, 0) is 32.1 Å². The molecule has 2 N–H and O–H groups in total. The zero-order valence-electron chi connectivity index (χ0n) is 17.2. The summed E-state index contributed by atoms with van der Waals surface area (Å²) < 4.78 is 59.1. The highest BCUT2D eigenvalue weighted by atomic mass is 35.5. The van der Waals surface area contributed by atoms with Crippen LogP contribution in [-0.4, -0.2) is 64.8 Å². The van der Waals surface area contributed by atoms with E-state index in [4.69, 9.17) is 21.2 Å². The molecule has 13 heteroatoms. The van der Waals surface area contributed by atoms with Crippen molar-refractivity contribution in [1.82, 2.24) is 4.90 Å². The van der Waals surface area contributed by atoms with Crippen molar-refractivity contribution in [2.24, 2.45) is 5.16 Å². The number of rotatable bonds is 4. The third-order valence-corrected chi connectivity index (χ3v) is 5.37. The highest BCUT2D eigenvalue weighted by Gasteiger charge is 2.46. The number of halogens is 5. The van der Waals surface area contributed by atoms with E-state index < -0.39 is 47.5 Å². The number of nitrogens with zero attached hydrogens (tertiary/aromatic N) is 3. The number of ether oxygens (including phenoxy) is 1. The van der Waals surface area contributed by atoms with Crippen LogP contribution >= 0.6 is 11.6 Å². The topological polar surface area (TPSA) is 94.8 Å². The van der Waals surface area contributed by atoms with Crippen LogP contribution in [0, 0.1) is 5.82 Å². The Hall–Kier alpha value is -2.57. The summed E-state index contributed by atoms with van der Waals surface area (Å²) >= 11 is 6.13. The summed E-state index contributed by atoms with van der Waals surface area (Å²) in [6.45, 7) is 3.17. The average molecular weight is 482 g/mol. The highest BCUT2D eigenvalue weighted by Crippen LogP contribution is 2.38. The molecule has 8 nitrogen and oxygen atoms in total. The number of alkyl halides is 3. The molecule has 176 valence electrons. The van der Waals surface area contributed by atoms with Crippen molar-refractivity contribution in [2.75, 3.05) is 18.6 Å². The van der Waals surface area contributed by atoms with Crippen LogP contribution in [0.3, 0.4) is 0 Å². The third-order valence-electron chi connectivity index (χ3n) is 5.05. The molecule has 2 heterocycles. The lowest BCUT2D eigenvalue weighted by atomic mass is 9.95. The normalized spacial score (nSPS) is 25.9. The molecule has 3 atom stereocenters. The van der Waals surface area contributed by atoms with E-state index in [9.17, 15) is 32.6 Å². The Morgan fingerprint density at radius 2 is 2.06 bits per heavy atom. The van der Waals surface area contributed by atoms with Gasteiger partial charge in [0.15, 0.2) is 6.23 Å². The van der Waals surface area contributed by atoms with Gasteiger partial charge >= 0.3 is 12.1 Å². The van der Waals surface area contributed by atoms with E-state index in [0.717, 1.165) is 19.2 Å². The van der Waals surface area contributed by atoms with Crippen LogP contribution in [0.5, 0.6) is 0 Å². The van der Waals surface area contributed by atoms with Gasteiger partial charge in [-0.1, -0.05) is 16.8 Å². The Labute approximate surface area is 185 Å². The number of aliphatic hydroxyl groups is 2. The molecule has 1 aromatic rings. The number of carbonyl (C=O) groups is 1. The van der Waals surface area contributed by atoms with Crippen molar-refractivity contribution in [1.29, 1.82) is 0 Å². The number of allylic oxidation sites excluding steroid dienone is 1. The molecule has 0 fully saturated rings. The maximum absolute atomic E-state index is 14.7. The van der Waals surface area contributed by atoms with E-state index in [2.05, 4.69) is 5.16 Å². The Balaban J connectivity index is 1.98. The Bertz CT molecular complexity index is 986. The summed E-state index contributed by atoms with van der Waals surface area (Å²) in [7, 11) is 0.942. The molecule has 32 heavy (non-hydrogen) atoms. The van der Waals surface area contributed by atoms with Crippen molar-refractivity contribution in [3.8, 4) is 0 Å². The first kappa shape index (κ1) is 24.1. The molecule has 1 aromatic carbocycles. The van der Waals surface area contributed by atoms with Gasteiger partial charge in [0, 0.05) is 19.0 Å². The molecule has 0 saturated heterocycles. The van der Waals surface area contributed by atoms with E-state index >= 15 is 0 Å². The van der Waals surface area contributed by atoms with E-state index in [1.807, 2.05) is 0 Å². The first-order valence-corrected chi connectivity index (χ1v) is 9.76. The number of aliphatic hydroxyl groups excluding tert-OH is 2. The molecule has 2 aliphatic rings. The summed E-state index contributed by atoms with van der Waals surface area (Å²) in [6, 6.07) is 1.96. The summed E-state index contributed by atoms with van der Waals surface area (Å²) in [6.07, 6.45) is -8.55.